The lowest BCUT2D eigenvalue weighted by Gasteiger charge is -2.36. The van der Waals surface area contributed by atoms with Crippen LogP contribution in [0.15, 0.2) is 30.3 Å². The van der Waals surface area contributed by atoms with E-state index in [9.17, 15) is 13.6 Å². The molecule has 0 bridgehead atoms. The van der Waals surface area contributed by atoms with Crippen LogP contribution < -0.4 is 0 Å². The van der Waals surface area contributed by atoms with Crippen molar-refractivity contribution >= 4 is 6.09 Å². The molecule has 0 aliphatic carbocycles. The van der Waals surface area contributed by atoms with Crippen LogP contribution in [0.1, 0.15) is 26.3 Å². The third kappa shape index (κ3) is 6.07. The van der Waals surface area contributed by atoms with Crippen molar-refractivity contribution in [3.63, 3.8) is 0 Å². The summed E-state index contributed by atoms with van der Waals surface area (Å²) in [4.78, 5) is 15.3. The number of alkyl halides is 2. The van der Waals surface area contributed by atoms with Gasteiger partial charge in [0.2, 0.25) is 0 Å². The van der Waals surface area contributed by atoms with Crippen LogP contribution in [0.5, 0.6) is 0 Å². The Morgan fingerprint density at radius 1 is 1.08 bits per heavy atom. The fourth-order valence-electron chi connectivity index (χ4n) is 2.69. The minimum atomic E-state index is -2.78. The molecule has 0 unspecified atom stereocenters. The average Bonchev–Trinajstić information content (AvgIpc) is 2.46. The first-order chi connectivity index (χ1) is 11.1. The van der Waals surface area contributed by atoms with Crippen LogP contribution in [0.3, 0.4) is 0 Å². The second-order valence-electron chi connectivity index (χ2n) is 7.26. The minimum Gasteiger partial charge on any atom is -0.444 e. The van der Waals surface area contributed by atoms with Gasteiger partial charge < -0.3 is 9.64 Å². The number of amides is 1. The van der Waals surface area contributed by atoms with Crippen molar-refractivity contribution in [2.24, 2.45) is 0 Å². The van der Waals surface area contributed by atoms with Crippen LogP contribution in [0.25, 0.3) is 0 Å². The normalized spacial score (nSPS) is 17.0. The Labute approximate surface area is 142 Å². The molecule has 4 nitrogen and oxygen atoms in total. The van der Waals surface area contributed by atoms with Crippen LogP contribution in [0.4, 0.5) is 13.6 Å². The molecule has 6 heteroatoms. The van der Waals surface area contributed by atoms with Crippen molar-refractivity contribution in [1.82, 2.24) is 9.80 Å². The molecule has 0 saturated carbocycles. The predicted molar refractivity (Wildman–Crippen MR) is 89.3 cm³/mol. The zero-order valence-corrected chi connectivity index (χ0v) is 14.6. The molecule has 1 aromatic carbocycles. The number of benzene rings is 1. The van der Waals surface area contributed by atoms with Gasteiger partial charge in [0.1, 0.15) is 5.60 Å². The molecule has 1 heterocycles. The summed E-state index contributed by atoms with van der Waals surface area (Å²) in [5.41, 5.74) is 0.0894. The van der Waals surface area contributed by atoms with Crippen molar-refractivity contribution in [2.75, 3.05) is 32.7 Å². The van der Waals surface area contributed by atoms with Gasteiger partial charge >= 0.3 is 6.09 Å². The summed E-state index contributed by atoms with van der Waals surface area (Å²) >= 11 is 0. The molecule has 1 aliphatic rings. The molecule has 0 radical (unpaired) electrons. The van der Waals surface area contributed by atoms with E-state index in [0.29, 0.717) is 31.7 Å². The molecule has 1 saturated heterocycles. The Balaban J connectivity index is 1.81. The van der Waals surface area contributed by atoms with E-state index in [0.717, 1.165) is 0 Å². The van der Waals surface area contributed by atoms with Gasteiger partial charge in [-0.2, -0.15) is 0 Å². The highest BCUT2D eigenvalue weighted by Crippen LogP contribution is 2.22. The Morgan fingerprint density at radius 3 is 2.21 bits per heavy atom. The summed E-state index contributed by atoms with van der Waals surface area (Å²) < 4.78 is 33.8. The van der Waals surface area contributed by atoms with E-state index in [1.807, 2.05) is 26.8 Å². The molecule has 0 aromatic heterocycles. The molecule has 0 N–H and O–H groups in total. The largest absolute Gasteiger partial charge is 0.444 e. The predicted octanol–water partition coefficient (Wildman–Crippen LogP) is 3.42. The van der Waals surface area contributed by atoms with Gasteiger partial charge in [0.15, 0.2) is 0 Å². The summed E-state index contributed by atoms with van der Waals surface area (Å²) in [6.07, 6.45) is -0.640. The van der Waals surface area contributed by atoms with Gasteiger partial charge in [-0.25, -0.2) is 13.6 Å². The van der Waals surface area contributed by atoms with E-state index in [1.165, 1.54) is 0 Å². The molecule has 0 atom stereocenters. The first-order valence-corrected chi connectivity index (χ1v) is 8.27. The summed E-state index contributed by atoms with van der Waals surface area (Å²) in [6.45, 7) is 6.84. The molecule has 1 aromatic rings. The molecule has 2 rings (SSSR count). The summed E-state index contributed by atoms with van der Waals surface area (Å²) in [6, 6.07) is 8.79. The Bertz CT molecular complexity index is 536. The lowest BCUT2D eigenvalue weighted by atomic mass is 10.1. The number of hydrogen-bond donors (Lipinski definition) is 0. The number of hydrogen-bond acceptors (Lipinski definition) is 3. The third-order valence-electron chi connectivity index (χ3n) is 3.78. The highest BCUT2D eigenvalue weighted by atomic mass is 19.3. The quantitative estimate of drug-likeness (QED) is 0.842. The first kappa shape index (κ1) is 18.6. The Hall–Kier alpha value is -1.69. The van der Waals surface area contributed by atoms with Gasteiger partial charge in [-0.3, -0.25) is 4.90 Å². The highest BCUT2D eigenvalue weighted by molar-refractivity contribution is 5.68. The lowest BCUT2D eigenvalue weighted by Crippen LogP contribution is -2.52. The van der Waals surface area contributed by atoms with Gasteiger partial charge in [-0.1, -0.05) is 30.3 Å². The van der Waals surface area contributed by atoms with Crippen LogP contribution in [0, 0.1) is 0 Å². The molecule has 1 amide bonds. The van der Waals surface area contributed by atoms with Gasteiger partial charge in [0, 0.05) is 32.6 Å². The maximum Gasteiger partial charge on any atom is 0.410 e. The topological polar surface area (TPSA) is 32.8 Å². The van der Waals surface area contributed by atoms with Crippen molar-refractivity contribution in [1.29, 1.82) is 0 Å². The SMILES string of the molecule is CC(C)(C)OC(=O)N1CCN(CC(F)(F)Cc2ccccc2)CC1. The number of nitrogens with zero attached hydrogens (tertiary/aromatic N) is 2. The van der Waals surface area contributed by atoms with E-state index in [-0.39, 0.29) is 19.1 Å². The Kier molecular flexibility index (Phi) is 5.80. The highest BCUT2D eigenvalue weighted by Gasteiger charge is 2.34. The molecular weight excluding hydrogens is 314 g/mol. The smallest absolute Gasteiger partial charge is 0.410 e. The van der Waals surface area contributed by atoms with Crippen molar-refractivity contribution < 1.29 is 18.3 Å². The number of carbonyl (C=O) groups excluding carboxylic acids is 1. The van der Waals surface area contributed by atoms with Crippen LogP contribution in [0.2, 0.25) is 0 Å². The van der Waals surface area contributed by atoms with Crippen LogP contribution in [-0.2, 0) is 11.2 Å². The van der Waals surface area contributed by atoms with Crippen molar-refractivity contribution in [3.8, 4) is 0 Å². The van der Waals surface area contributed by atoms with Gasteiger partial charge in [0.05, 0.1) is 6.54 Å². The number of carbonyl (C=O) groups is 1. The van der Waals surface area contributed by atoms with E-state index in [2.05, 4.69) is 0 Å². The average molecular weight is 340 g/mol. The molecule has 134 valence electrons. The van der Waals surface area contributed by atoms with E-state index >= 15 is 0 Å². The Morgan fingerprint density at radius 2 is 1.67 bits per heavy atom. The van der Waals surface area contributed by atoms with Gasteiger partial charge in [-0.05, 0) is 26.3 Å². The fourth-order valence-corrected chi connectivity index (χ4v) is 2.69. The maximum absolute atomic E-state index is 14.2. The monoisotopic (exact) mass is 340 g/mol. The van der Waals surface area contributed by atoms with E-state index < -0.39 is 11.5 Å². The van der Waals surface area contributed by atoms with E-state index in [4.69, 9.17) is 4.74 Å². The van der Waals surface area contributed by atoms with Gasteiger partial charge in [-0.15, -0.1) is 0 Å². The molecule has 1 fully saturated rings. The van der Waals surface area contributed by atoms with E-state index in [1.54, 1.807) is 34.1 Å². The fraction of sp³-hybridized carbons (Fsp3) is 0.611. The molecule has 24 heavy (non-hydrogen) atoms. The van der Waals surface area contributed by atoms with Crippen molar-refractivity contribution in [3.05, 3.63) is 35.9 Å². The summed E-state index contributed by atoms with van der Waals surface area (Å²) in [5.74, 6) is -2.78. The number of ether oxygens (including phenoxy) is 1. The number of halogens is 2. The van der Waals surface area contributed by atoms with Gasteiger partial charge in [0.25, 0.3) is 5.92 Å². The second kappa shape index (κ2) is 7.47. The van der Waals surface area contributed by atoms with Crippen LogP contribution in [-0.4, -0.2) is 60.1 Å². The zero-order chi connectivity index (χ0) is 17.8. The second-order valence-corrected chi connectivity index (χ2v) is 7.26. The standard InChI is InChI=1S/C18H26F2N2O2/c1-17(2,3)24-16(23)22-11-9-21(10-12-22)14-18(19,20)13-15-7-5-4-6-8-15/h4-8H,9-14H2,1-3H3. The number of piperazine rings is 1. The number of rotatable bonds is 4. The molecular formula is C18H26F2N2O2. The summed E-state index contributed by atoms with van der Waals surface area (Å²) in [7, 11) is 0. The minimum absolute atomic E-state index is 0.264. The third-order valence-corrected chi connectivity index (χ3v) is 3.78. The van der Waals surface area contributed by atoms with Crippen molar-refractivity contribution in [2.45, 2.75) is 38.7 Å². The maximum atomic E-state index is 14.2. The van der Waals surface area contributed by atoms with Crippen LogP contribution >= 0.6 is 0 Å². The first-order valence-electron chi connectivity index (χ1n) is 8.27. The molecule has 0 spiro atoms. The summed E-state index contributed by atoms with van der Waals surface area (Å²) in [5, 5.41) is 0. The zero-order valence-electron chi connectivity index (χ0n) is 14.6. The molecule has 1 aliphatic heterocycles. The lowest BCUT2D eigenvalue weighted by molar-refractivity contribution is -0.0431.